The molecule has 0 saturated carbocycles. The predicted molar refractivity (Wildman–Crippen MR) is 78.1 cm³/mol. The van der Waals surface area contributed by atoms with Crippen molar-refractivity contribution in [3.8, 4) is 0 Å². The molecule has 0 aromatic heterocycles. The van der Waals surface area contributed by atoms with E-state index >= 15 is 0 Å². The number of hydrogen-bond acceptors (Lipinski definition) is 2. The first kappa shape index (κ1) is 16.3. The van der Waals surface area contributed by atoms with E-state index in [4.69, 9.17) is 0 Å². The molecule has 1 N–H and O–H groups in total. The number of piperidine rings is 1. The highest BCUT2D eigenvalue weighted by Gasteiger charge is 2.31. The van der Waals surface area contributed by atoms with Crippen molar-refractivity contribution in [2.75, 3.05) is 19.6 Å². The average Bonchev–Trinajstić information content (AvgIpc) is 2.48. The summed E-state index contributed by atoms with van der Waals surface area (Å²) in [4.78, 5) is 2.29. The summed E-state index contributed by atoms with van der Waals surface area (Å²) in [5.41, 5.74) is 0.168. The lowest BCUT2D eigenvalue weighted by Gasteiger charge is -2.38. The van der Waals surface area contributed by atoms with Gasteiger partial charge in [0.25, 0.3) is 0 Å². The fourth-order valence-corrected chi connectivity index (χ4v) is 3.13. The minimum atomic E-state index is -4.28. The van der Waals surface area contributed by atoms with Gasteiger partial charge in [-0.05, 0) is 50.6 Å². The zero-order chi connectivity index (χ0) is 15.5. The fourth-order valence-electron chi connectivity index (χ4n) is 3.13. The van der Waals surface area contributed by atoms with Crippen LogP contribution < -0.4 is 5.32 Å². The van der Waals surface area contributed by atoms with Crippen LogP contribution in [0.15, 0.2) is 24.3 Å². The quantitative estimate of drug-likeness (QED) is 0.909. The van der Waals surface area contributed by atoms with E-state index in [9.17, 15) is 13.2 Å². The standard InChI is InChI=1S/C16H23F3N2/c1-3-21(15-8-5-9-20-11-15)12(2)13-6-4-7-14(10-13)16(17,18)19/h4,6-7,10,12,15,20H,3,5,8-9,11H2,1-2H3. The van der Waals surface area contributed by atoms with Crippen molar-refractivity contribution >= 4 is 0 Å². The summed E-state index contributed by atoms with van der Waals surface area (Å²) in [5.74, 6) is 0. The molecule has 0 aliphatic carbocycles. The zero-order valence-corrected chi connectivity index (χ0v) is 12.6. The Hall–Kier alpha value is -1.07. The Morgan fingerprint density at radius 2 is 2.14 bits per heavy atom. The van der Waals surface area contributed by atoms with Crippen LogP contribution in [0.5, 0.6) is 0 Å². The molecule has 1 fully saturated rings. The van der Waals surface area contributed by atoms with E-state index < -0.39 is 11.7 Å². The lowest BCUT2D eigenvalue weighted by molar-refractivity contribution is -0.137. The Bertz CT molecular complexity index is 453. The Labute approximate surface area is 124 Å². The van der Waals surface area contributed by atoms with Gasteiger partial charge in [-0.2, -0.15) is 13.2 Å². The average molecular weight is 300 g/mol. The van der Waals surface area contributed by atoms with Crippen LogP contribution in [-0.4, -0.2) is 30.6 Å². The number of nitrogens with one attached hydrogen (secondary N) is 1. The third kappa shape index (κ3) is 3.98. The van der Waals surface area contributed by atoms with Crippen LogP contribution in [-0.2, 0) is 6.18 Å². The van der Waals surface area contributed by atoms with Gasteiger partial charge < -0.3 is 5.32 Å². The van der Waals surface area contributed by atoms with E-state index in [2.05, 4.69) is 17.1 Å². The SMILES string of the molecule is CCN(C1CCCNC1)C(C)c1cccc(C(F)(F)F)c1. The van der Waals surface area contributed by atoms with Gasteiger partial charge in [-0.1, -0.05) is 19.1 Å². The molecule has 5 heteroatoms. The molecule has 1 saturated heterocycles. The second kappa shape index (κ2) is 6.79. The molecular formula is C16H23F3N2. The van der Waals surface area contributed by atoms with Crippen LogP contribution in [0.1, 0.15) is 43.9 Å². The van der Waals surface area contributed by atoms with Crippen molar-refractivity contribution in [3.63, 3.8) is 0 Å². The highest BCUT2D eigenvalue weighted by atomic mass is 19.4. The molecule has 21 heavy (non-hydrogen) atoms. The molecule has 0 radical (unpaired) electrons. The topological polar surface area (TPSA) is 15.3 Å². The van der Waals surface area contributed by atoms with Gasteiger partial charge in [0.2, 0.25) is 0 Å². The van der Waals surface area contributed by atoms with Crippen molar-refractivity contribution in [3.05, 3.63) is 35.4 Å². The minimum Gasteiger partial charge on any atom is -0.315 e. The molecule has 1 aliphatic heterocycles. The van der Waals surface area contributed by atoms with E-state index in [1.54, 1.807) is 6.07 Å². The summed E-state index contributed by atoms with van der Waals surface area (Å²) >= 11 is 0. The maximum atomic E-state index is 12.8. The van der Waals surface area contributed by atoms with Crippen molar-refractivity contribution in [2.24, 2.45) is 0 Å². The molecule has 2 rings (SSSR count). The van der Waals surface area contributed by atoms with Crippen LogP contribution in [0.25, 0.3) is 0 Å². The molecule has 2 atom stereocenters. The highest BCUT2D eigenvalue weighted by Crippen LogP contribution is 2.32. The maximum absolute atomic E-state index is 12.8. The summed E-state index contributed by atoms with van der Waals surface area (Å²) in [6.45, 7) is 6.85. The maximum Gasteiger partial charge on any atom is 0.416 e. The molecule has 0 spiro atoms. The number of hydrogen-bond donors (Lipinski definition) is 1. The molecule has 1 aromatic carbocycles. The second-order valence-corrected chi connectivity index (χ2v) is 5.63. The van der Waals surface area contributed by atoms with Gasteiger partial charge >= 0.3 is 6.18 Å². The summed E-state index contributed by atoms with van der Waals surface area (Å²) < 4.78 is 38.5. The van der Waals surface area contributed by atoms with Gasteiger partial charge in [-0.25, -0.2) is 0 Å². The van der Waals surface area contributed by atoms with Gasteiger partial charge in [-0.15, -0.1) is 0 Å². The molecule has 2 nitrogen and oxygen atoms in total. The second-order valence-electron chi connectivity index (χ2n) is 5.63. The van der Waals surface area contributed by atoms with E-state index in [0.717, 1.165) is 44.1 Å². The van der Waals surface area contributed by atoms with E-state index in [1.807, 2.05) is 6.92 Å². The molecule has 1 heterocycles. The van der Waals surface area contributed by atoms with Gasteiger partial charge in [0.05, 0.1) is 5.56 Å². The number of rotatable bonds is 4. The van der Waals surface area contributed by atoms with Crippen molar-refractivity contribution in [1.29, 1.82) is 0 Å². The Kier molecular flexibility index (Phi) is 5.27. The monoisotopic (exact) mass is 300 g/mol. The smallest absolute Gasteiger partial charge is 0.315 e. The fraction of sp³-hybridized carbons (Fsp3) is 0.625. The minimum absolute atomic E-state index is 0.0119. The van der Waals surface area contributed by atoms with Crippen LogP contribution in [0, 0.1) is 0 Å². The van der Waals surface area contributed by atoms with Gasteiger partial charge in [0.15, 0.2) is 0 Å². The predicted octanol–water partition coefficient (Wildman–Crippen LogP) is 3.84. The molecule has 118 valence electrons. The zero-order valence-electron chi connectivity index (χ0n) is 12.6. The highest BCUT2D eigenvalue weighted by molar-refractivity contribution is 5.28. The summed E-state index contributed by atoms with van der Waals surface area (Å²) in [7, 11) is 0. The van der Waals surface area contributed by atoms with Gasteiger partial charge in [0, 0.05) is 18.6 Å². The Balaban J connectivity index is 2.18. The van der Waals surface area contributed by atoms with Crippen molar-refractivity contribution < 1.29 is 13.2 Å². The normalized spacial score (nSPS) is 21.5. The van der Waals surface area contributed by atoms with Crippen LogP contribution in [0.2, 0.25) is 0 Å². The molecule has 2 unspecified atom stereocenters. The first-order valence-electron chi connectivity index (χ1n) is 7.57. The molecule has 1 aliphatic rings. The van der Waals surface area contributed by atoms with Crippen LogP contribution >= 0.6 is 0 Å². The van der Waals surface area contributed by atoms with Crippen LogP contribution in [0.3, 0.4) is 0 Å². The summed E-state index contributed by atoms with van der Waals surface area (Å²) in [6, 6.07) is 6.09. The third-order valence-corrected chi connectivity index (χ3v) is 4.30. The molecular weight excluding hydrogens is 277 g/mol. The Morgan fingerprint density at radius 1 is 1.38 bits per heavy atom. The van der Waals surface area contributed by atoms with E-state index in [1.165, 1.54) is 12.1 Å². The lowest BCUT2D eigenvalue weighted by Crippen LogP contribution is -2.46. The lowest BCUT2D eigenvalue weighted by atomic mass is 9.99. The van der Waals surface area contributed by atoms with E-state index in [-0.39, 0.29) is 6.04 Å². The molecule has 1 aromatic rings. The third-order valence-electron chi connectivity index (χ3n) is 4.30. The summed E-state index contributed by atoms with van der Waals surface area (Å²) in [6.07, 6.45) is -2.06. The number of likely N-dealkylation sites (N-methyl/N-ethyl adjacent to an activating group) is 1. The first-order valence-corrected chi connectivity index (χ1v) is 7.57. The van der Waals surface area contributed by atoms with Gasteiger partial charge in [-0.3, -0.25) is 4.90 Å². The number of halogens is 3. The Morgan fingerprint density at radius 3 is 2.71 bits per heavy atom. The van der Waals surface area contributed by atoms with Crippen molar-refractivity contribution in [2.45, 2.75) is 44.9 Å². The van der Waals surface area contributed by atoms with Gasteiger partial charge in [0.1, 0.15) is 0 Å². The largest absolute Gasteiger partial charge is 0.416 e. The molecule has 0 amide bonds. The molecule has 0 bridgehead atoms. The van der Waals surface area contributed by atoms with E-state index in [0.29, 0.717) is 6.04 Å². The number of benzene rings is 1. The van der Waals surface area contributed by atoms with Crippen LogP contribution in [0.4, 0.5) is 13.2 Å². The van der Waals surface area contributed by atoms with Crippen molar-refractivity contribution in [1.82, 2.24) is 10.2 Å². The number of nitrogens with zero attached hydrogens (tertiary/aromatic N) is 1. The summed E-state index contributed by atoms with van der Waals surface area (Å²) in [5, 5.41) is 3.37. The number of alkyl halides is 3. The first-order chi connectivity index (χ1) is 9.93.